The molecule has 0 atom stereocenters. The van der Waals surface area contributed by atoms with Gasteiger partial charge in [0.25, 0.3) is 0 Å². The fraction of sp³-hybridized carbons (Fsp3) is 0. The summed E-state index contributed by atoms with van der Waals surface area (Å²) in [6.45, 7) is 0. The molecule has 0 aliphatic carbocycles. The molecule has 1 heterocycles. The first-order valence-corrected chi connectivity index (χ1v) is 5.04. The maximum absolute atomic E-state index is 5.69. The van der Waals surface area contributed by atoms with Crippen LogP contribution in [0, 0.1) is 0 Å². The van der Waals surface area contributed by atoms with Crippen molar-refractivity contribution >= 4 is 12.1 Å². The van der Waals surface area contributed by atoms with E-state index in [1.807, 2.05) is 30.3 Å². The van der Waals surface area contributed by atoms with E-state index in [1.54, 1.807) is 18.6 Å². The molecule has 0 amide bonds. The quantitative estimate of drug-likeness (QED) is 0.484. The van der Waals surface area contributed by atoms with Crippen molar-refractivity contribution in [3.05, 3.63) is 60.2 Å². The summed E-state index contributed by atoms with van der Waals surface area (Å²) in [6, 6.07) is 9.65. The lowest BCUT2D eigenvalue weighted by atomic mass is 10.2. The zero-order valence-electron chi connectivity index (χ0n) is 9.06. The molecule has 2 rings (SSSR count). The third-order valence-electron chi connectivity index (χ3n) is 2.00. The smallest absolute Gasteiger partial charge is 0.173 e. The van der Waals surface area contributed by atoms with Crippen molar-refractivity contribution in [1.82, 2.24) is 9.97 Å². The summed E-state index contributed by atoms with van der Waals surface area (Å²) < 4.78 is 0. The van der Waals surface area contributed by atoms with Gasteiger partial charge >= 0.3 is 0 Å². The molecule has 1 aromatic carbocycles. The standard InChI is InChI=1S/C12H11N5/c13-12(11-9-14-6-7-15-11)17-16-8-10-4-2-1-3-5-10/h1-9H,(H2,13,17)/b16-8-. The van der Waals surface area contributed by atoms with Crippen molar-refractivity contribution in [2.24, 2.45) is 15.9 Å². The van der Waals surface area contributed by atoms with Crippen molar-refractivity contribution in [2.75, 3.05) is 0 Å². The number of aromatic nitrogens is 2. The molecule has 0 saturated carbocycles. The third kappa shape index (κ3) is 3.20. The van der Waals surface area contributed by atoms with Gasteiger partial charge in [-0.15, -0.1) is 5.10 Å². The van der Waals surface area contributed by atoms with Gasteiger partial charge in [-0.1, -0.05) is 30.3 Å². The van der Waals surface area contributed by atoms with Crippen molar-refractivity contribution in [3.8, 4) is 0 Å². The normalized spacial score (nSPS) is 11.9. The summed E-state index contributed by atoms with van der Waals surface area (Å²) in [5.41, 5.74) is 7.17. The first-order chi connectivity index (χ1) is 8.36. The average Bonchev–Trinajstić information content (AvgIpc) is 2.41. The number of hydrogen-bond acceptors (Lipinski definition) is 4. The Balaban J connectivity index is 2.09. The second-order valence-electron chi connectivity index (χ2n) is 3.23. The fourth-order valence-corrected chi connectivity index (χ4v) is 1.18. The van der Waals surface area contributed by atoms with E-state index in [4.69, 9.17) is 5.73 Å². The Bertz CT molecular complexity index is 519. The van der Waals surface area contributed by atoms with Crippen molar-refractivity contribution in [3.63, 3.8) is 0 Å². The summed E-state index contributed by atoms with van der Waals surface area (Å²) in [7, 11) is 0. The van der Waals surface area contributed by atoms with E-state index in [1.165, 1.54) is 6.20 Å². The maximum atomic E-state index is 5.69. The Hall–Kier alpha value is -2.56. The van der Waals surface area contributed by atoms with Gasteiger partial charge in [-0.2, -0.15) is 5.10 Å². The molecular weight excluding hydrogens is 214 g/mol. The Labute approximate surface area is 98.8 Å². The van der Waals surface area contributed by atoms with E-state index >= 15 is 0 Å². The SMILES string of the molecule is N/C(=N/N=C\c1ccccc1)c1cnccn1. The fourth-order valence-electron chi connectivity index (χ4n) is 1.18. The minimum absolute atomic E-state index is 0.241. The largest absolute Gasteiger partial charge is 0.380 e. The number of nitrogens with two attached hydrogens (primary N) is 1. The monoisotopic (exact) mass is 225 g/mol. The van der Waals surface area contributed by atoms with E-state index in [0.717, 1.165) is 5.56 Å². The van der Waals surface area contributed by atoms with Crippen LogP contribution in [0.25, 0.3) is 0 Å². The molecule has 0 fully saturated rings. The molecule has 0 unspecified atom stereocenters. The topological polar surface area (TPSA) is 76.5 Å². The van der Waals surface area contributed by atoms with E-state index in [9.17, 15) is 0 Å². The average molecular weight is 225 g/mol. The van der Waals surface area contributed by atoms with E-state index in [2.05, 4.69) is 20.2 Å². The number of hydrogen-bond donors (Lipinski definition) is 1. The first-order valence-electron chi connectivity index (χ1n) is 5.04. The summed E-state index contributed by atoms with van der Waals surface area (Å²) >= 11 is 0. The van der Waals surface area contributed by atoms with Crippen LogP contribution in [-0.2, 0) is 0 Å². The Morgan fingerprint density at radius 2 is 2.00 bits per heavy atom. The van der Waals surface area contributed by atoms with Crippen molar-refractivity contribution < 1.29 is 0 Å². The predicted octanol–water partition coefficient (Wildman–Crippen LogP) is 1.22. The number of nitrogens with zero attached hydrogens (tertiary/aromatic N) is 4. The van der Waals surface area contributed by atoms with E-state index in [0.29, 0.717) is 5.69 Å². The van der Waals surface area contributed by atoms with Gasteiger partial charge in [0, 0.05) is 12.4 Å². The molecule has 5 heteroatoms. The highest BCUT2D eigenvalue weighted by molar-refractivity contribution is 5.95. The van der Waals surface area contributed by atoms with Crippen LogP contribution in [0.1, 0.15) is 11.3 Å². The number of benzene rings is 1. The molecule has 0 aliphatic heterocycles. The van der Waals surface area contributed by atoms with E-state index < -0.39 is 0 Å². The van der Waals surface area contributed by atoms with Crippen LogP contribution in [0.3, 0.4) is 0 Å². The first kappa shape index (κ1) is 10.9. The van der Waals surface area contributed by atoms with E-state index in [-0.39, 0.29) is 5.84 Å². The number of rotatable bonds is 3. The molecule has 17 heavy (non-hydrogen) atoms. The van der Waals surface area contributed by atoms with Gasteiger partial charge in [0.05, 0.1) is 12.4 Å². The minimum Gasteiger partial charge on any atom is -0.380 e. The lowest BCUT2D eigenvalue weighted by Crippen LogP contribution is -2.14. The molecule has 2 N–H and O–H groups in total. The highest BCUT2D eigenvalue weighted by Gasteiger charge is 1.97. The molecule has 84 valence electrons. The molecule has 1 aromatic heterocycles. The summed E-state index contributed by atoms with van der Waals surface area (Å²) in [5, 5.41) is 7.74. The van der Waals surface area contributed by atoms with Gasteiger partial charge in [-0.3, -0.25) is 4.98 Å². The van der Waals surface area contributed by atoms with Crippen LogP contribution in [0.2, 0.25) is 0 Å². The zero-order valence-corrected chi connectivity index (χ0v) is 9.06. The second-order valence-corrected chi connectivity index (χ2v) is 3.23. The van der Waals surface area contributed by atoms with Gasteiger partial charge in [0.1, 0.15) is 5.69 Å². The molecule has 0 radical (unpaired) electrons. The zero-order chi connectivity index (χ0) is 11.9. The van der Waals surface area contributed by atoms with Crippen molar-refractivity contribution in [2.45, 2.75) is 0 Å². The molecule has 5 nitrogen and oxygen atoms in total. The highest BCUT2D eigenvalue weighted by atomic mass is 15.2. The molecule has 2 aromatic rings. The lowest BCUT2D eigenvalue weighted by Gasteiger charge is -1.94. The van der Waals surface area contributed by atoms with Gasteiger partial charge in [0.15, 0.2) is 5.84 Å². The van der Waals surface area contributed by atoms with Gasteiger partial charge in [0.2, 0.25) is 0 Å². The third-order valence-corrected chi connectivity index (χ3v) is 2.00. The summed E-state index contributed by atoms with van der Waals surface area (Å²) in [6.07, 6.45) is 6.29. The molecule has 0 saturated heterocycles. The Morgan fingerprint density at radius 3 is 2.71 bits per heavy atom. The van der Waals surface area contributed by atoms with Gasteiger partial charge in [-0.05, 0) is 5.56 Å². The molecule has 0 bridgehead atoms. The van der Waals surface area contributed by atoms with Gasteiger partial charge in [-0.25, -0.2) is 4.98 Å². The second kappa shape index (κ2) is 5.50. The van der Waals surface area contributed by atoms with Crippen LogP contribution in [0.15, 0.2) is 59.1 Å². The molecule has 0 spiro atoms. The highest BCUT2D eigenvalue weighted by Crippen LogP contribution is 1.95. The van der Waals surface area contributed by atoms with Crippen LogP contribution in [0.4, 0.5) is 0 Å². The Kier molecular flexibility index (Phi) is 3.54. The molecule has 0 aliphatic rings. The predicted molar refractivity (Wildman–Crippen MR) is 66.8 cm³/mol. The Morgan fingerprint density at radius 1 is 1.18 bits per heavy atom. The van der Waals surface area contributed by atoms with Crippen LogP contribution >= 0.6 is 0 Å². The van der Waals surface area contributed by atoms with Crippen LogP contribution in [-0.4, -0.2) is 22.0 Å². The maximum Gasteiger partial charge on any atom is 0.173 e. The lowest BCUT2D eigenvalue weighted by molar-refractivity contribution is 1.15. The van der Waals surface area contributed by atoms with Crippen molar-refractivity contribution in [1.29, 1.82) is 0 Å². The summed E-state index contributed by atoms with van der Waals surface area (Å²) in [5.74, 6) is 0.241. The van der Waals surface area contributed by atoms with Crippen LogP contribution < -0.4 is 5.73 Å². The minimum atomic E-state index is 0.241. The summed E-state index contributed by atoms with van der Waals surface area (Å²) in [4.78, 5) is 7.91. The number of amidine groups is 1. The van der Waals surface area contributed by atoms with Crippen LogP contribution in [0.5, 0.6) is 0 Å². The van der Waals surface area contributed by atoms with Gasteiger partial charge < -0.3 is 5.73 Å². The molecular formula is C12H11N5.